The molecule has 5 amide bonds. The molecule has 264 valence electrons. The van der Waals surface area contributed by atoms with Crippen molar-refractivity contribution in [3.63, 3.8) is 0 Å². The third kappa shape index (κ3) is 17.2. The number of nitrogens with zero attached hydrogens (tertiary/aromatic N) is 2. The molecule has 1 aromatic heterocycles. The van der Waals surface area contributed by atoms with Crippen LogP contribution < -0.4 is 49.5 Å². The molecule has 0 spiro atoms. The number of guanidine groups is 1. The van der Waals surface area contributed by atoms with Gasteiger partial charge in [-0.1, -0.05) is 0 Å². The van der Waals surface area contributed by atoms with Gasteiger partial charge in [-0.3, -0.25) is 29.0 Å². The van der Waals surface area contributed by atoms with Crippen LogP contribution in [-0.2, 0) is 35.2 Å². The van der Waals surface area contributed by atoms with Crippen LogP contribution in [-0.4, -0.2) is 119 Å². The van der Waals surface area contributed by atoms with Gasteiger partial charge in [-0.05, 0) is 57.1 Å². The molecular formula is C27H48N12O7S. The first-order chi connectivity index (χ1) is 22.4. The van der Waals surface area contributed by atoms with Gasteiger partial charge in [-0.2, -0.15) is 11.8 Å². The van der Waals surface area contributed by atoms with Gasteiger partial charge >= 0.3 is 5.97 Å². The van der Waals surface area contributed by atoms with E-state index in [2.05, 4.69) is 41.5 Å². The van der Waals surface area contributed by atoms with Crippen molar-refractivity contribution < 1.29 is 33.9 Å². The smallest absolute Gasteiger partial charge is 0.326 e. The zero-order valence-electron chi connectivity index (χ0n) is 26.5. The van der Waals surface area contributed by atoms with Crippen molar-refractivity contribution in [2.45, 2.75) is 69.1 Å². The molecule has 1 heterocycles. The summed E-state index contributed by atoms with van der Waals surface area (Å²) >= 11 is 1.48. The van der Waals surface area contributed by atoms with Crippen molar-refractivity contribution in [3.8, 4) is 0 Å². The van der Waals surface area contributed by atoms with E-state index in [0.717, 1.165) is 0 Å². The maximum atomic E-state index is 13.1. The molecule has 0 saturated heterocycles. The number of aromatic nitrogens is 2. The molecular weight excluding hydrogens is 636 g/mol. The van der Waals surface area contributed by atoms with E-state index in [9.17, 15) is 33.9 Å². The molecule has 0 saturated carbocycles. The molecule has 19 nitrogen and oxygen atoms in total. The number of H-pyrrole nitrogens is 1. The van der Waals surface area contributed by atoms with Crippen LogP contribution >= 0.6 is 11.8 Å². The first-order valence-electron chi connectivity index (χ1n) is 15.0. The zero-order chi connectivity index (χ0) is 35.2. The number of carboxylic acid groups (broad SMARTS) is 1. The Balaban J connectivity index is 2.95. The molecule has 0 aliphatic heterocycles. The standard InChI is InChI=1S/C27H48N12O7S/c1-47-10-7-18(36-21(40)12-29)24(43)38-17(5-2-3-8-28)23(42)34-14-22(41)37-20(11-16-13-32-15-35-16)25(44)39-19(26(45)46)6-4-9-33-27(30)31/h13,15,17-20H,2-12,14,28-29H2,1H3,(H,32,35)(H,34,42)(H,36,40)(H,37,41)(H,38,43)(H,39,44)(H,45,46)(H4,30,31,33). The Labute approximate surface area is 277 Å². The average molecular weight is 685 g/mol. The second kappa shape index (κ2) is 23.0. The fourth-order valence-corrected chi connectivity index (χ4v) is 4.66. The summed E-state index contributed by atoms with van der Waals surface area (Å²) in [6.07, 6.45) is 6.47. The van der Waals surface area contributed by atoms with Crippen LogP contribution in [0.15, 0.2) is 17.5 Å². The van der Waals surface area contributed by atoms with E-state index < -0.39 is 66.2 Å². The summed E-state index contributed by atoms with van der Waals surface area (Å²) in [5.41, 5.74) is 22.0. The van der Waals surface area contributed by atoms with Crippen LogP contribution in [0.25, 0.3) is 0 Å². The largest absolute Gasteiger partial charge is 0.480 e. The van der Waals surface area contributed by atoms with E-state index in [-0.39, 0.29) is 44.7 Å². The van der Waals surface area contributed by atoms with Crippen LogP contribution in [0.1, 0.15) is 44.2 Å². The normalized spacial score (nSPS) is 13.3. The molecule has 4 unspecified atom stereocenters. The summed E-state index contributed by atoms with van der Waals surface area (Å²) in [7, 11) is 0. The van der Waals surface area contributed by atoms with Gasteiger partial charge in [0.1, 0.15) is 24.2 Å². The predicted octanol–water partition coefficient (Wildman–Crippen LogP) is -4.01. The lowest BCUT2D eigenvalue weighted by molar-refractivity contribution is -0.142. The summed E-state index contributed by atoms with van der Waals surface area (Å²) in [4.78, 5) is 86.4. The second-order valence-corrected chi connectivity index (χ2v) is 11.4. The van der Waals surface area contributed by atoms with Crippen LogP contribution in [0.3, 0.4) is 0 Å². The number of aromatic amines is 1. The number of unbranched alkanes of at least 4 members (excludes halogenated alkanes) is 1. The van der Waals surface area contributed by atoms with E-state index >= 15 is 0 Å². The molecule has 1 aromatic rings. The molecule has 0 radical (unpaired) electrons. The van der Waals surface area contributed by atoms with Gasteiger partial charge in [0.15, 0.2) is 5.96 Å². The monoisotopic (exact) mass is 684 g/mol. The van der Waals surface area contributed by atoms with E-state index in [4.69, 9.17) is 22.9 Å². The third-order valence-corrected chi connectivity index (χ3v) is 7.29. The fourth-order valence-electron chi connectivity index (χ4n) is 4.19. The number of carbonyl (C=O) groups excluding carboxylic acids is 5. The molecule has 0 aliphatic rings. The number of aliphatic carboxylic acids is 1. The van der Waals surface area contributed by atoms with Crippen molar-refractivity contribution in [1.82, 2.24) is 36.6 Å². The topological polar surface area (TPSA) is 328 Å². The molecule has 0 fully saturated rings. The highest BCUT2D eigenvalue weighted by Crippen LogP contribution is 2.06. The molecule has 20 heteroatoms. The number of carbonyl (C=O) groups is 6. The Morgan fingerprint density at radius 2 is 1.51 bits per heavy atom. The van der Waals surface area contributed by atoms with E-state index in [0.29, 0.717) is 37.3 Å². The number of imidazole rings is 1. The number of hydrogen-bond acceptors (Lipinski definition) is 11. The molecule has 1 rings (SSSR count). The van der Waals surface area contributed by atoms with Crippen molar-refractivity contribution in [2.24, 2.45) is 27.9 Å². The molecule has 0 aliphatic carbocycles. The summed E-state index contributed by atoms with van der Waals surface area (Å²) in [6, 6.07) is -4.49. The number of nitrogens with two attached hydrogens (primary N) is 4. The summed E-state index contributed by atoms with van der Waals surface area (Å²) in [6.45, 7) is -0.346. The Hall–Kier alpha value is -4.43. The van der Waals surface area contributed by atoms with E-state index in [1.807, 2.05) is 6.26 Å². The number of aliphatic imine (C=N–C) groups is 1. The van der Waals surface area contributed by atoms with Crippen molar-refractivity contribution in [3.05, 3.63) is 18.2 Å². The van der Waals surface area contributed by atoms with Gasteiger partial charge in [0.25, 0.3) is 0 Å². The average Bonchev–Trinajstić information content (AvgIpc) is 3.55. The Bertz CT molecular complexity index is 1180. The molecule has 15 N–H and O–H groups in total. The van der Waals surface area contributed by atoms with Gasteiger partial charge < -0.3 is 59.6 Å². The molecule has 0 bridgehead atoms. The second-order valence-electron chi connectivity index (χ2n) is 10.4. The highest BCUT2D eigenvalue weighted by molar-refractivity contribution is 7.98. The maximum Gasteiger partial charge on any atom is 0.326 e. The lowest BCUT2D eigenvalue weighted by Gasteiger charge is -2.23. The molecule has 0 aromatic carbocycles. The lowest BCUT2D eigenvalue weighted by Crippen LogP contribution is -2.56. The zero-order valence-corrected chi connectivity index (χ0v) is 27.3. The van der Waals surface area contributed by atoms with Crippen LogP contribution in [0.4, 0.5) is 0 Å². The minimum absolute atomic E-state index is 0.0178. The van der Waals surface area contributed by atoms with Crippen molar-refractivity contribution in [2.75, 3.05) is 38.2 Å². The van der Waals surface area contributed by atoms with Crippen molar-refractivity contribution >= 4 is 53.2 Å². The summed E-state index contributed by atoms with van der Waals surface area (Å²) < 4.78 is 0. The van der Waals surface area contributed by atoms with Crippen LogP contribution in [0.5, 0.6) is 0 Å². The lowest BCUT2D eigenvalue weighted by atomic mass is 10.1. The predicted molar refractivity (Wildman–Crippen MR) is 176 cm³/mol. The number of hydrogen-bond donors (Lipinski definition) is 11. The number of nitrogens with one attached hydrogen (secondary N) is 6. The van der Waals surface area contributed by atoms with E-state index in [1.165, 1.54) is 24.3 Å². The van der Waals surface area contributed by atoms with Gasteiger partial charge in [0.05, 0.1) is 19.4 Å². The minimum atomic E-state index is -1.29. The Morgan fingerprint density at radius 1 is 0.872 bits per heavy atom. The summed E-state index contributed by atoms with van der Waals surface area (Å²) in [5.74, 6) is -4.18. The highest BCUT2D eigenvalue weighted by Gasteiger charge is 2.29. The van der Waals surface area contributed by atoms with Crippen LogP contribution in [0, 0.1) is 0 Å². The molecule has 4 atom stereocenters. The van der Waals surface area contributed by atoms with Gasteiger partial charge in [0, 0.05) is 24.9 Å². The molecule has 47 heavy (non-hydrogen) atoms. The quantitative estimate of drug-likeness (QED) is 0.0281. The fraction of sp³-hybridized carbons (Fsp3) is 0.630. The van der Waals surface area contributed by atoms with Crippen molar-refractivity contribution in [1.29, 1.82) is 0 Å². The number of rotatable bonds is 24. The minimum Gasteiger partial charge on any atom is -0.480 e. The SMILES string of the molecule is CSCCC(NC(=O)CN)C(=O)NC(CCCCN)C(=O)NCC(=O)NC(Cc1cnc[nH]1)C(=O)NC(CCCN=C(N)N)C(=O)O. The first-order valence-corrected chi connectivity index (χ1v) is 16.4. The third-order valence-electron chi connectivity index (χ3n) is 6.64. The van der Waals surface area contributed by atoms with Gasteiger partial charge in [-0.15, -0.1) is 0 Å². The van der Waals surface area contributed by atoms with Gasteiger partial charge in [-0.25, -0.2) is 9.78 Å². The number of thioether (sulfide) groups is 1. The van der Waals surface area contributed by atoms with Gasteiger partial charge in [0.2, 0.25) is 29.5 Å². The Kier molecular flexibility index (Phi) is 19.8. The van der Waals surface area contributed by atoms with Crippen LogP contribution in [0.2, 0.25) is 0 Å². The first kappa shape index (κ1) is 40.6. The highest BCUT2D eigenvalue weighted by atomic mass is 32.2. The maximum absolute atomic E-state index is 13.1. The summed E-state index contributed by atoms with van der Waals surface area (Å²) in [5, 5.41) is 22.2. The Morgan fingerprint density at radius 3 is 2.11 bits per heavy atom. The number of carboxylic acids is 1. The number of amides is 5. The van der Waals surface area contributed by atoms with E-state index in [1.54, 1.807) is 0 Å².